The first kappa shape index (κ1) is 14.3. The maximum Gasteiger partial charge on any atom is 0.232 e. The molecular weight excluding hydrogens is 312 g/mol. The summed E-state index contributed by atoms with van der Waals surface area (Å²) in [5.41, 5.74) is 0.786. The zero-order valence-corrected chi connectivity index (χ0v) is 12.6. The zero-order chi connectivity index (χ0) is 15.0. The first-order chi connectivity index (χ1) is 9.94. The van der Waals surface area contributed by atoms with Gasteiger partial charge in [0.1, 0.15) is 0 Å². The van der Waals surface area contributed by atoms with Crippen molar-refractivity contribution in [3.63, 3.8) is 0 Å². The summed E-state index contributed by atoms with van der Waals surface area (Å²) in [6.45, 7) is 0.367. The van der Waals surface area contributed by atoms with E-state index in [1.54, 1.807) is 17.3 Å². The lowest BCUT2D eigenvalue weighted by Crippen LogP contribution is -2.25. The van der Waals surface area contributed by atoms with Crippen LogP contribution in [0, 0.1) is 5.92 Å². The molecule has 1 amide bonds. The second-order valence-electron chi connectivity index (χ2n) is 5.15. The van der Waals surface area contributed by atoms with E-state index in [4.69, 9.17) is 10.7 Å². The summed E-state index contributed by atoms with van der Waals surface area (Å²) in [5, 5.41) is 1.87. The van der Waals surface area contributed by atoms with Crippen molar-refractivity contribution in [2.24, 2.45) is 5.92 Å². The predicted octanol–water partition coefficient (Wildman–Crippen LogP) is 2.16. The molecule has 1 aromatic carbocycles. The normalized spacial score (nSPS) is 19.4. The third kappa shape index (κ3) is 3.01. The first-order valence-corrected chi connectivity index (χ1v) is 8.97. The number of benzene rings is 1. The largest absolute Gasteiger partial charge is 0.311 e. The molecule has 0 aliphatic carbocycles. The fraction of sp³-hybridized carbons (Fsp3) is 0.286. The van der Waals surface area contributed by atoms with Crippen LogP contribution in [-0.2, 0) is 13.8 Å². The van der Waals surface area contributed by atoms with Gasteiger partial charge in [-0.15, -0.1) is 0 Å². The topological polar surface area (TPSA) is 67.3 Å². The molecule has 1 saturated heterocycles. The fourth-order valence-electron chi connectivity index (χ4n) is 2.75. The van der Waals surface area contributed by atoms with Crippen molar-refractivity contribution >= 4 is 42.1 Å². The Morgan fingerprint density at radius 1 is 1.33 bits per heavy atom. The molecule has 1 atom stereocenters. The molecule has 0 bridgehead atoms. The van der Waals surface area contributed by atoms with Gasteiger partial charge in [-0.05, 0) is 12.1 Å². The molecule has 2 heterocycles. The summed E-state index contributed by atoms with van der Waals surface area (Å²) >= 11 is 0. The van der Waals surface area contributed by atoms with Gasteiger partial charge in [0.2, 0.25) is 15.0 Å². The molecule has 0 spiro atoms. The van der Waals surface area contributed by atoms with E-state index in [0.29, 0.717) is 6.54 Å². The Hall–Kier alpha value is -1.66. The lowest BCUT2D eigenvalue weighted by Gasteiger charge is -2.18. The Kier molecular flexibility index (Phi) is 3.59. The Balaban J connectivity index is 1.95. The van der Waals surface area contributed by atoms with Crippen molar-refractivity contribution < 1.29 is 13.2 Å². The van der Waals surface area contributed by atoms with E-state index in [1.165, 1.54) is 0 Å². The number of carbonyl (C=O) groups excluding carboxylic acids is 1. The molecule has 7 heteroatoms. The zero-order valence-electron chi connectivity index (χ0n) is 11.1. The smallest absolute Gasteiger partial charge is 0.232 e. The van der Waals surface area contributed by atoms with Gasteiger partial charge in [-0.1, -0.05) is 12.1 Å². The number of anilines is 1. The lowest BCUT2D eigenvalue weighted by atomic mass is 10.1. The van der Waals surface area contributed by atoms with E-state index in [2.05, 4.69) is 4.98 Å². The summed E-state index contributed by atoms with van der Waals surface area (Å²) in [7, 11) is 1.69. The molecule has 1 aromatic heterocycles. The molecule has 1 aliphatic heterocycles. The van der Waals surface area contributed by atoms with Gasteiger partial charge in [0.05, 0.1) is 11.4 Å². The molecule has 0 N–H and O–H groups in total. The Morgan fingerprint density at radius 3 is 2.90 bits per heavy atom. The highest BCUT2D eigenvalue weighted by Crippen LogP contribution is 2.31. The molecule has 3 rings (SSSR count). The van der Waals surface area contributed by atoms with Gasteiger partial charge >= 0.3 is 0 Å². The van der Waals surface area contributed by atoms with Crippen LogP contribution in [-0.4, -0.2) is 31.6 Å². The molecule has 5 nitrogen and oxygen atoms in total. The van der Waals surface area contributed by atoms with E-state index in [1.807, 2.05) is 24.3 Å². The highest BCUT2D eigenvalue weighted by atomic mass is 35.7. The van der Waals surface area contributed by atoms with Crippen LogP contribution in [0.15, 0.2) is 36.7 Å². The van der Waals surface area contributed by atoms with Crippen LogP contribution in [0.5, 0.6) is 0 Å². The second-order valence-corrected chi connectivity index (χ2v) is 7.98. The SMILES string of the molecule is O=C1CC(CS(=O)(=O)Cl)CN1c1cccc2cnccc12. The molecule has 1 aliphatic rings. The van der Waals surface area contributed by atoms with Crippen LogP contribution in [0.1, 0.15) is 6.42 Å². The van der Waals surface area contributed by atoms with Gasteiger partial charge in [0, 0.05) is 52.7 Å². The summed E-state index contributed by atoms with van der Waals surface area (Å²) in [6, 6.07) is 7.49. The quantitative estimate of drug-likeness (QED) is 0.811. The van der Waals surface area contributed by atoms with Crippen molar-refractivity contribution in [2.75, 3.05) is 17.2 Å². The highest BCUT2D eigenvalue weighted by Gasteiger charge is 2.33. The van der Waals surface area contributed by atoms with E-state index in [0.717, 1.165) is 16.5 Å². The summed E-state index contributed by atoms with van der Waals surface area (Å²) in [5.74, 6) is -0.523. The van der Waals surface area contributed by atoms with Gasteiger partial charge in [0.15, 0.2) is 0 Å². The standard InChI is InChI=1S/C14H13ClN2O3S/c15-21(19,20)9-10-6-14(18)17(8-10)13-3-1-2-11-7-16-5-4-12(11)13/h1-5,7,10H,6,8-9H2. The number of pyridine rings is 1. The van der Waals surface area contributed by atoms with E-state index in [-0.39, 0.29) is 24.0 Å². The molecule has 0 saturated carbocycles. The number of nitrogens with zero attached hydrogens (tertiary/aromatic N) is 2. The monoisotopic (exact) mass is 324 g/mol. The molecule has 0 radical (unpaired) electrons. The molecule has 110 valence electrons. The average molecular weight is 325 g/mol. The third-order valence-corrected chi connectivity index (χ3v) is 4.84. The number of halogens is 1. The Bertz CT molecular complexity index is 801. The average Bonchev–Trinajstić information content (AvgIpc) is 2.76. The second kappa shape index (κ2) is 5.27. The van der Waals surface area contributed by atoms with Crippen LogP contribution in [0.25, 0.3) is 10.8 Å². The van der Waals surface area contributed by atoms with Crippen LogP contribution in [0.3, 0.4) is 0 Å². The predicted molar refractivity (Wildman–Crippen MR) is 81.8 cm³/mol. The number of hydrogen-bond donors (Lipinski definition) is 0. The number of carbonyl (C=O) groups is 1. The van der Waals surface area contributed by atoms with Crippen molar-refractivity contribution in [3.8, 4) is 0 Å². The van der Waals surface area contributed by atoms with Crippen molar-refractivity contribution in [1.82, 2.24) is 4.98 Å². The van der Waals surface area contributed by atoms with Gasteiger partial charge < -0.3 is 4.90 Å². The van der Waals surface area contributed by atoms with Crippen LogP contribution >= 0.6 is 10.7 Å². The van der Waals surface area contributed by atoms with E-state index >= 15 is 0 Å². The summed E-state index contributed by atoms with van der Waals surface area (Å²) in [6.07, 6.45) is 3.61. The maximum absolute atomic E-state index is 12.2. The van der Waals surface area contributed by atoms with Crippen LogP contribution in [0.4, 0.5) is 5.69 Å². The van der Waals surface area contributed by atoms with E-state index in [9.17, 15) is 13.2 Å². The van der Waals surface area contributed by atoms with Crippen molar-refractivity contribution in [2.45, 2.75) is 6.42 Å². The minimum absolute atomic E-state index is 0.0790. The maximum atomic E-state index is 12.2. The van der Waals surface area contributed by atoms with Crippen molar-refractivity contribution in [3.05, 3.63) is 36.7 Å². The number of hydrogen-bond acceptors (Lipinski definition) is 4. The van der Waals surface area contributed by atoms with Gasteiger partial charge in [0.25, 0.3) is 0 Å². The lowest BCUT2D eigenvalue weighted by molar-refractivity contribution is -0.117. The van der Waals surface area contributed by atoms with Crippen LogP contribution < -0.4 is 4.90 Å². The molecular formula is C14H13ClN2O3S. The number of rotatable bonds is 3. The molecule has 21 heavy (non-hydrogen) atoms. The van der Waals surface area contributed by atoms with E-state index < -0.39 is 9.05 Å². The van der Waals surface area contributed by atoms with Crippen LogP contribution in [0.2, 0.25) is 0 Å². The summed E-state index contributed by atoms with van der Waals surface area (Å²) < 4.78 is 22.4. The molecule has 2 aromatic rings. The Morgan fingerprint density at radius 2 is 2.14 bits per heavy atom. The highest BCUT2D eigenvalue weighted by molar-refractivity contribution is 8.13. The number of fused-ring (bicyclic) bond motifs is 1. The minimum Gasteiger partial charge on any atom is -0.311 e. The van der Waals surface area contributed by atoms with Gasteiger partial charge in [-0.2, -0.15) is 0 Å². The fourth-order valence-corrected chi connectivity index (χ4v) is 4.07. The van der Waals surface area contributed by atoms with Gasteiger partial charge in [-0.25, -0.2) is 8.42 Å². The Labute approximate surface area is 127 Å². The molecule has 1 fully saturated rings. The third-order valence-electron chi connectivity index (χ3n) is 3.59. The number of amides is 1. The first-order valence-electron chi connectivity index (χ1n) is 6.49. The minimum atomic E-state index is -3.60. The van der Waals surface area contributed by atoms with Crippen molar-refractivity contribution in [1.29, 1.82) is 0 Å². The van der Waals surface area contributed by atoms with Gasteiger partial charge in [-0.3, -0.25) is 9.78 Å². The molecule has 1 unspecified atom stereocenters. The number of aromatic nitrogens is 1. The summed E-state index contributed by atoms with van der Waals surface area (Å²) in [4.78, 5) is 17.9.